The number of aromatic amines is 1. The van der Waals surface area contributed by atoms with E-state index in [1.807, 2.05) is 61.1 Å². The molecule has 0 atom stereocenters. The number of nitrogens with zero attached hydrogens (tertiary/aromatic N) is 7. The lowest BCUT2D eigenvalue weighted by Gasteiger charge is -2.37. The Morgan fingerprint density at radius 1 is 1.03 bits per heavy atom. The summed E-state index contributed by atoms with van der Waals surface area (Å²) in [5.74, 6) is 1.58. The molecule has 1 aliphatic rings. The van der Waals surface area contributed by atoms with E-state index in [4.69, 9.17) is 4.98 Å². The number of hydrogen-bond donors (Lipinski definition) is 2. The number of benzene rings is 2. The molecule has 3 aromatic heterocycles. The molecular weight excluding hydrogens is 478 g/mol. The highest BCUT2D eigenvalue weighted by Gasteiger charge is 2.24. The number of carbonyl (C=O) groups is 1. The fraction of sp³-hybridized carbons (Fsp3) is 0.250. The van der Waals surface area contributed by atoms with Crippen molar-refractivity contribution in [1.82, 2.24) is 35.0 Å². The third kappa shape index (κ3) is 4.45. The number of fused-ring (bicyclic) bond motifs is 1. The van der Waals surface area contributed by atoms with Crippen molar-refractivity contribution in [3.63, 3.8) is 0 Å². The highest BCUT2D eigenvalue weighted by molar-refractivity contribution is 5.94. The van der Waals surface area contributed by atoms with Gasteiger partial charge in [0.05, 0.1) is 11.8 Å². The summed E-state index contributed by atoms with van der Waals surface area (Å²) in [5.41, 5.74) is 6.48. The SMILES string of the molecule is Cc1cccc(C(=O)NCc2ccccc2N2CCN(c3ncnc4c3nc(-c3cn[nH]c3)n4C)CC2)c1. The predicted octanol–water partition coefficient (Wildman–Crippen LogP) is 3.32. The molecule has 2 aromatic carbocycles. The first kappa shape index (κ1) is 23.7. The fourth-order valence-corrected chi connectivity index (χ4v) is 5.04. The van der Waals surface area contributed by atoms with Gasteiger partial charge in [-0.05, 0) is 30.7 Å². The van der Waals surface area contributed by atoms with Crippen LogP contribution in [0.4, 0.5) is 11.5 Å². The van der Waals surface area contributed by atoms with E-state index < -0.39 is 0 Å². The number of H-pyrrole nitrogens is 1. The molecule has 1 amide bonds. The number of carbonyl (C=O) groups excluding carboxylic acids is 1. The third-order valence-corrected chi connectivity index (χ3v) is 7.02. The molecule has 0 saturated carbocycles. The second-order valence-electron chi connectivity index (χ2n) is 9.51. The van der Waals surface area contributed by atoms with E-state index in [1.165, 1.54) is 0 Å². The normalized spacial score (nSPS) is 13.7. The summed E-state index contributed by atoms with van der Waals surface area (Å²) < 4.78 is 1.98. The van der Waals surface area contributed by atoms with Gasteiger partial charge in [0.25, 0.3) is 5.91 Å². The average molecular weight is 508 g/mol. The van der Waals surface area contributed by atoms with E-state index in [0.717, 1.165) is 71.4 Å². The van der Waals surface area contributed by atoms with E-state index in [9.17, 15) is 4.79 Å². The molecule has 10 heteroatoms. The van der Waals surface area contributed by atoms with Crippen LogP contribution in [0, 0.1) is 6.92 Å². The Kier molecular flexibility index (Phi) is 6.20. The van der Waals surface area contributed by atoms with Crippen LogP contribution in [0.5, 0.6) is 0 Å². The predicted molar refractivity (Wildman–Crippen MR) is 147 cm³/mol. The first-order valence-corrected chi connectivity index (χ1v) is 12.7. The largest absolute Gasteiger partial charge is 0.368 e. The number of anilines is 2. The highest BCUT2D eigenvalue weighted by Crippen LogP contribution is 2.29. The van der Waals surface area contributed by atoms with Crippen LogP contribution in [-0.2, 0) is 13.6 Å². The summed E-state index contributed by atoms with van der Waals surface area (Å²) in [7, 11) is 1.96. The maximum atomic E-state index is 12.7. The van der Waals surface area contributed by atoms with Crippen LogP contribution in [0.25, 0.3) is 22.6 Å². The molecule has 10 nitrogen and oxygen atoms in total. The summed E-state index contributed by atoms with van der Waals surface area (Å²) in [4.78, 5) is 31.3. The van der Waals surface area contributed by atoms with Crippen molar-refractivity contribution in [2.24, 2.45) is 7.05 Å². The van der Waals surface area contributed by atoms with Gasteiger partial charge in [-0.3, -0.25) is 9.89 Å². The number of nitrogens with one attached hydrogen (secondary N) is 2. The summed E-state index contributed by atoms with van der Waals surface area (Å²) >= 11 is 0. The van der Waals surface area contributed by atoms with Crippen LogP contribution in [0.15, 0.2) is 67.3 Å². The summed E-state index contributed by atoms with van der Waals surface area (Å²) in [6, 6.07) is 15.9. The Bertz CT molecular complexity index is 1580. The highest BCUT2D eigenvalue weighted by atomic mass is 16.1. The molecule has 0 aliphatic carbocycles. The van der Waals surface area contributed by atoms with Gasteiger partial charge in [-0.15, -0.1) is 0 Å². The summed E-state index contributed by atoms with van der Waals surface area (Å²) in [5, 5.41) is 9.99. The van der Waals surface area contributed by atoms with Gasteiger partial charge in [0.2, 0.25) is 0 Å². The maximum absolute atomic E-state index is 12.7. The molecule has 6 rings (SSSR count). The number of amides is 1. The molecule has 0 radical (unpaired) electrons. The Labute approximate surface area is 220 Å². The Balaban J connectivity index is 1.17. The molecule has 2 N–H and O–H groups in total. The second-order valence-corrected chi connectivity index (χ2v) is 9.51. The minimum absolute atomic E-state index is 0.0637. The van der Waals surface area contributed by atoms with Crippen molar-refractivity contribution in [2.75, 3.05) is 36.0 Å². The average Bonchev–Trinajstić information content (AvgIpc) is 3.60. The van der Waals surface area contributed by atoms with Gasteiger partial charge in [-0.25, -0.2) is 15.0 Å². The number of aryl methyl sites for hydroxylation is 2. The van der Waals surface area contributed by atoms with E-state index in [2.05, 4.69) is 47.4 Å². The number of rotatable bonds is 6. The quantitative estimate of drug-likeness (QED) is 0.363. The number of piperazine rings is 1. The molecule has 0 bridgehead atoms. The molecule has 1 saturated heterocycles. The minimum Gasteiger partial charge on any atom is -0.368 e. The van der Waals surface area contributed by atoms with Crippen molar-refractivity contribution in [1.29, 1.82) is 0 Å². The number of para-hydroxylation sites is 1. The zero-order chi connectivity index (χ0) is 26.1. The first-order valence-electron chi connectivity index (χ1n) is 12.7. The monoisotopic (exact) mass is 507 g/mol. The van der Waals surface area contributed by atoms with Crippen LogP contribution < -0.4 is 15.1 Å². The molecule has 1 fully saturated rings. The number of imidazole rings is 1. The van der Waals surface area contributed by atoms with E-state index in [0.29, 0.717) is 12.1 Å². The van der Waals surface area contributed by atoms with Crippen LogP contribution in [-0.4, -0.2) is 61.8 Å². The van der Waals surface area contributed by atoms with Crippen molar-refractivity contribution in [3.05, 3.63) is 83.9 Å². The van der Waals surface area contributed by atoms with Crippen LogP contribution in [0.3, 0.4) is 0 Å². The Morgan fingerprint density at radius 2 is 1.84 bits per heavy atom. The molecular formula is C28H29N9O. The van der Waals surface area contributed by atoms with Gasteiger partial charge in [0, 0.05) is 57.2 Å². The topological polar surface area (TPSA) is 108 Å². The second kappa shape index (κ2) is 9.97. The van der Waals surface area contributed by atoms with Crippen molar-refractivity contribution < 1.29 is 4.79 Å². The first-order chi connectivity index (χ1) is 18.6. The number of aromatic nitrogens is 6. The van der Waals surface area contributed by atoms with Gasteiger partial charge >= 0.3 is 0 Å². The standard InChI is InChI=1S/C28H29N9O/c1-19-6-5-8-20(14-19)28(38)29-15-21-7-3-4-9-23(21)36-10-12-37(13-11-36)27-24-26(30-18-31-27)35(2)25(34-24)22-16-32-33-17-22/h3-9,14,16-18H,10-13,15H2,1-2H3,(H,29,38)(H,32,33). The van der Waals surface area contributed by atoms with Gasteiger partial charge < -0.3 is 19.7 Å². The molecule has 192 valence electrons. The zero-order valence-electron chi connectivity index (χ0n) is 21.4. The van der Waals surface area contributed by atoms with Crippen LogP contribution in [0.2, 0.25) is 0 Å². The van der Waals surface area contributed by atoms with E-state index in [1.54, 1.807) is 12.5 Å². The third-order valence-electron chi connectivity index (χ3n) is 7.02. The van der Waals surface area contributed by atoms with Crippen molar-refractivity contribution in [3.8, 4) is 11.4 Å². The lowest BCUT2D eigenvalue weighted by Crippen LogP contribution is -2.47. The molecule has 38 heavy (non-hydrogen) atoms. The van der Waals surface area contributed by atoms with Gasteiger partial charge in [0.1, 0.15) is 12.2 Å². The molecule has 4 heterocycles. The molecule has 0 unspecified atom stereocenters. The van der Waals surface area contributed by atoms with Crippen LogP contribution in [0.1, 0.15) is 21.5 Å². The Hall–Kier alpha value is -4.73. The van der Waals surface area contributed by atoms with Crippen molar-refractivity contribution in [2.45, 2.75) is 13.5 Å². The van der Waals surface area contributed by atoms with E-state index >= 15 is 0 Å². The van der Waals surface area contributed by atoms with Gasteiger partial charge in [0.15, 0.2) is 17.0 Å². The smallest absolute Gasteiger partial charge is 0.251 e. The lowest BCUT2D eigenvalue weighted by molar-refractivity contribution is 0.0951. The van der Waals surface area contributed by atoms with Gasteiger partial charge in [-0.2, -0.15) is 5.10 Å². The summed E-state index contributed by atoms with van der Waals surface area (Å²) in [6.45, 7) is 5.72. The van der Waals surface area contributed by atoms with Crippen LogP contribution >= 0.6 is 0 Å². The lowest BCUT2D eigenvalue weighted by atomic mass is 10.1. The van der Waals surface area contributed by atoms with Gasteiger partial charge in [-0.1, -0.05) is 35.9 Å². The number of hydrogen-bond acceptors (Lipinski definition) is 7. The molecule has 5 aromatic rings. The zero-order valence-corrected chi connectivity index (χ0v) is 21.4. The minimum atomic E-state index is -0.0637. The maximum Gasteiger partial charge on any atom is 0.251 e. The summed E-state index contributed by atoms with van der Waals surface area (Å²) in [6.07, 6.45) is 5.19. The van der Waals surface area contributed by atoms with E-state index in [-0.39, 0.29) is 5.91 Å². The molecule has 1 aliphatic heterocycles. The Morgan fingerprint density at radius 3 is 2.63 bits per heavy atom. The fourth-order valence-electron chi connectivity index (χ4n) is 5.04. The van der Waals surface area contributed by atoms with Crippen molar-refractivity contribution >= 4 is 28.6 Å². The molecule has 0 spiro atoms.